The molecule has 0 saturated carbocycles. The summed E-state index contributed by atoms with van der Waals surface area (Å²) in [7, 11) is 1.75. The maximum atomic E-state index is 8.81. The summed E-state index contributed by atoms with van der Waals surface area (Å²) < 4.78 is 4.71. The molecule has 0 unspecified atom stereocenters. The molecule has 11 nitrogen and oxygen atoms in total. The summed E-state index contributed by atoms with van der Waals surface area (Å²) in [5.41, 5.74) is 4.12. The summed E-state index contributed by atoms with van der Waals surface area (Å²) in [6, 6.07) is 1.89. The summed E-state index contributed by atoms with van der Waals surface area (Å²) in [5.74, 6) is 3.79. The molecule has 0 saturated heterocycles. The molecule has 0 atom stereocenters. The summed E-state index contributed by atoms with van der Waals surface area (Å²) in [6.45, 7) is 21.0. The van der Waals surface area contributed by atoms with Crippen LogP contribution in [0.5, 0.6) is 0 Å². The van der Waals surface area contributed by atoms with Crippen molar-refractivity contribution in [1.29, 1.82) is 0 Å². The number of carbonyl (C=O) groups excluding carboxylic acids is 1. The number of aromatic nitrogens is 1. The van der Waals surface area contributed by atoms with Crippen molar-refractivity contribution in [2.24, 2.45) is 10.3 Å². The van der Waals surface area contributed by atoms with E-state index in [1.54, 1.807) is 6.92 Å². The Bertz CT molecular complexity index is 803. The first kappa shape index (κ1) is 125. The predicted octanol–water partition coefficient (Wildman–Crippen LogP) is 13.8. The van der Waals surface area contributed by atoms with E-state index in [0.717, 1.165) is 46.2 Å². The van der Waals surface area contributed by atoms with Crippen LogP contribution in [0.4, 0.5) is 0 Å². The quantitative estimate of drug-likeness (QED) is 0.0318. The van der Waals surface area contributed by atoms with Crippen molar-refractivity contribution in [3.63, 3.8) is 0 Å². The number of carbonyl (C=O) groups is 1. The minimum absolute atomic E-state index is 0. The number of aliphatic hydroxyl groups is 4. The molecule has 0 spiro atoms. The van der Waals surface area contributed by atoms with Crippen molar-refractivity contribution in [1.82, 2.24) is 5.16 Å². The molecule has 1 heterocycles. The smallest absolute Gasteiger partial charge is 0 e. The molecule has 0 aliphatic heterocycles. The Hall–Kier alpha value is 13.3. The van der Waals surface area contributed by atoms with Crippen LogP contribution in [0.1, 0.15) is 53.0 Å². The molecule has 60 heavy (non-hydrogen) atoms. The molecule has 1 rings (SSSR count). The maximum Gasteiger partial charge on any atom is 0 e. The predicted molar refractivity (Wildman–Crippen MR) is 440 cm³/mol. The zero-order valence-corrected chi connectivity index (χ0v) is 81.9. The minimum atomic E-state index is -1.02. The summed E-state index contributed by atoms with van der Waals surface area (Å²) >= 11 is 40.8. The van der Waals surface area contributed by atoms with Crippen molar-refractivity contribution in [3.8, 4) is 11.5 Å². The second kappa shape index (κ2) is 140. The van der Waals surface area contributed by atoms with E-state index in [1.165, 1.54) is 20.1 Å². The Balaban J connectivity index is -0.0000000201. The molecule has 1 aromatic heterocycles. The standard InChI is InChI=1S/C6H12Si.C5H7NO.C2H4ClNO.C2H5NO.C2H4O.C2H6.4CH4O.3B.I6.I5.I4.I3.I2.HI/c1-5-6-7(2,3)4;1-4-3-5(2)7-6-4;1-2(3)4-5;1-2-3-4;1-2-3;5*1-2;;;;1-5(2)6(3)4;1-4-5(2)3;1-4(2)3;1-3-2;1-2;/h1-4H3;3H,1-2H3;5H,1H3;2,4H,1H3;2H,1H3;1-2H3;4*2H,1H3;;;;;;;;;1H/q;;;;;;;;;;;;;;-1;;-1;;/b;;4-2-;3-2+;;;;;;;;;;;;;;;. The Labute approximate surface area is 575 Å². The van der Waals surface area contributed by atoms with Crippen molar-refractivity contribution in [3.05, 3.63) is 17.5 Å². The molecule has 0 bridgehead atoms. The van der Waals surface area contributed by atoms with E-state index >= 15 is 0 Å². The molecule has 6 N–H and O–H groups in total. The van der Waals surface area contributed by atoms with Gasteiger partial charge in [0.1, 0.15) is 25.3 Å². The molecule has 0 aliphatic rings. The number of oxime groups is 2. The van der Waals surface area contributed by atoms with Gasteiger partial charge in [0, 0.05) is 103 Å². The fraction of sp³-hybridized carbons (Fsp3) is 0.652. The van der Waals surface area contributed by atoms with Gasteiger partial charge in [0.25, 0.3) is 0 Å². The van der Waals surface area contributed by atoms with Crippen LogP contribution in [0.15, 0.2) is 20.9 Å². The zero-order chi connectivity index (χ0) is 49.3. The number of aliphatic hydroxyl groups excluding tert-OH is 4. The van der Waals surface area contributed by atoms with Crippen LogP contribution < -0.4 is 26.5 Å². The average Bonchev–Trinajstić information content (AvgIpc) is 3.56. The largest absolute Gasteiger partial charge is 0 e. The number of hydrogen-bond acceptors (Lipinski definition) is 11. The van der Waals surface area contributed by atoms with Gasteiger partial charge in [-0.2, -0.15) is 0 Å². The van der Waals surface area contributed by atoms with Crippen molar-refractivity contribution in [2.75, 3.05) is 28.4 Å². The first-order valence-corrected chi connectivity index (χ1v) is 111. The van der Waals surface area contributed by atoms with E-state index in [-0.39, 0.29) is 86.0 Å². The Morgan fingerprint density at radius 3 is 1.03 bits per heavy atom. The molecule has 0 aromatic carbocycles. The third-order valence-electron chi connectivity index (χ3n) is 1.62. The van der Waals surface area contributed by atoms with Crippen LogP contribution in [0.25, 0.3) is 0 Å². The van der Waals surface area contributed by atoms with Crippen molar-refractivity contribution < 1.29 is 66.7 Å². The maximum absolute atomic E-state index is 8.81. The molecule has 0 fully saturated rings. The Morgan fingerprint density at radius 2 is 1.02 bits per heavy atom. The fourth-order valence-electron chi connectivity index (χ4n) is 0.866. The third kappa shape index (κ3) is 283. The number of aryl methyl sites for hydroxylation is 2. The SMILES string of the molecule is C/C(Cl)=N/O.C/C=N/O.CC.CC#C[Si](C)(C)C.CC=O.CO.CO.CO.CO.Cc1cc(C)on1.I.II.II(I)I.II(I)I(I)I.I[I-]I.I[I-]I(I)I.[B].[B].[B]. The van der Waals surface area contributed by atoms with Gasteiger partial charge < -0.3 is 40.2 Å². The Morgan fingerprint density at radius 1 is 0.817 bits per heavy atom. The minimum Gasteiger partial charge on any atom is 0 e. The fourth-order valence-corrected chi connectivity index (χ4v) is 1.62. The van der Waals surface area contributed by atoms with Crippen LogP contribution in [0.3, 0.4) is 0 Å². The third-order valence-corrected chi connectivity index (χ3v) is 251. The van der Waals surface area contributed by atoms with Gasteiger partial charge in [0.15, 0.2) is 0 Å². The number of halogens is 22. The second-order valence-corrected chi connectivity index (χ2v) is 239. The van der Waals surface area contributed by atoms with Crippen LogP contribution >= 0.6 is 328 Å². The van der Waals surface area contributed by atoms with Gasteiger partial charge in [-0.15, -0.1) is 40.6 Å². The topological polar surface area (TPSA) is 189 Å². The number of nitrogens with zero attached hydrogens (tertiary/aromatic N) is 3. The van der Waals surface area contributed by atoms with E-state index in [9.17, 15) is 0 Å². The normalized spacial score (nSPS) is 8.20. The summed E-state index contributed by atoms with van der Waals surface area (Å²) in [6.07, 6.45) is 2.06. The average molecular weight is 3260 g/mol. The van der Waals surface area contributed by atoms with Gasteiger partial charge in [-0.1, -0.05) is 55.4 Å². The van der Waals surface area contributed by atoms with Gasteiger partial charge in [-0.3, -0.25) is 0 Å². The van der Waals surface area contributed by atoms with Crippen LogP contribution in [-0.4, -0.2) is 115 Å². The molecular formula is C23H55B3ClI21N3O8Si-2. The van der Waals surface area contributed by atoms with Crippen molar-refractivity contribution >= 4 is 379 Å². The van der Waals surface area contributed by atoms with Crippen molar-refractivity contribution in [2.45, 2.75) is 75.0 Å². The van der Waals surface area contributed by atoms with E-state index in [2.05, 4.69) is 307 Å². The summed E-state index contributed by atoms with van der Waals surface area (Å²) in [5, 5.41) is 52.0. The monoisotopic (exact) mass is 3260 g/mol. The summed E-state index contributed by atoms with van der Waals surface area (Å²) in [4.78, 5) is 8.81. The first-order valence-electron chi connectivity index (χ1n) is 12.6. The number of rotatable bonds is 2. The van der Waals surface area contributed by atoms with Gasteiger partial charge in [-0.25, -0.2) is 0 Å². The van der Waals surface area contributed by atoms with E-state index in [4.69, 9.17) is 51.8 Å². The van der Waals surface area contributed by atoms with Crippen LogP contribution in [-0.2, 0) is 4.79 Å². The van der Waals surface area contributed by atoms with Gasteiger partial charge in [0.05, 0.1) is 5.69 Å². The molecule has 9 radical (unpaired) electrons. The van der Waals surface area contributed by atoms with E-state index in [0.29, 0.717) is 26.5 Å². The van der Waals surface area contributed by atoms with E-state index < -0.39 is 8.07 Å². The second-order valence-electron chi connectivity index (χ2n) is 6.17. The van der Waals surface area contributed by atoms with Gasteiger partial charge in [0.2, 0.25) is 0 Å². The number of aldehydes is 1. The van der Waals surface area contributed by atoms with Gasteiger partial charge in [-0.05, 0) is 41.5 Å². The Kier molecular flexibility index (Phi) is 292. The molecule has 1 aromatic rings. The molecule has 0 amide bonds. The first-order chi connectivity index (χ1) is 26.0. The van der Waals surface area contributed by atoms with E-state index in [1.807, 2.05) is 40.7 Å². The zero-order valence-electron chi connectivity index (χ0n) is 34.7. The number of hydrogen-bond donors (Lipinski definition) is 6. The molecule has 37 heteroatoms. The van der Waals surface area contributed by atoms with Gasteiger partial charge >= 0.3 is 281 Å². The molecule has 379 valence electrons. The van der Waals surface area contributed by atoms with Crippen LogP contribution in [0.2, 0.25) is 19.6 Å². The molecule has 0 aliphatic carbocycles. The molecular weight excluding hydrogens is 3210 g/mol. The van der Waals surface area contributed by atoms with Crippen LogP contribution in [0, 0.1) is 25.3 Å².